The Morgan fingerprint density at radius 2 is 1.83 bits per heavy atom. The molecular weight excluding hydrogens is 407 g/mol. The van der Waals surface area contributed by atoms with E-state index >= 15 is 0 Å². The van der Waals surface area contributed by atoms with Crippen LogP contribution in [0.25, 0.3) is 0 Å². The van der Waals surface area contributed by atoms with Crippen molar-refractivity contribution >= 4 is 35.7 Å². The van der Waals surface area contributed by atoms with E-state index in [1.807, 2.05) is 30.0 Å². The predicted molar refractivity (Wildman–Crippen MR) is 121 cm³/mol. The van der Waals surface area contributed by atoms with E-state index in [9.17, 15) is 4.39 Å². The number of halogens is 2. The first-order valence-electron chi connectivity index (χ1n) is 9.65. The molecule has 4 rings (SSSR count). The molecule has 0 amide bonds. The van der Waals surface area contributed by atoms with Crippen LogP contribution in [0.1, 0.15) is 11.1 Å². The van der Waals surface area contributed by atoms with Gasteiger partial charge in [-0.1, -0.05) is 18.2 Å². The minimum Gasteiger partial charge on any atom is -0.378 e. The van der Waals surface area contributed by atoms with E-state index in [4.69, 9.17) is 10.5 Å². The number of aryl methyl sites for hydroxylation is 2. The van der Waals surface area contributed by atoms with Gasteiger partial charge in [0, 0.05) is 18.8 Å². The van der Waals surface area contributed by atoms with Crippen LogP contribution >= 0.6 is 12.4 Å². The van der Waals surface area contributed by atoms with Gasteiger partial charge in [0.25, 0.3) is 0 Å². The second-order valence-electron chi connectivity index (χ2n) is 7.14. The first kappa shape index (κ1) is 21.9. The SMILES string of the molecule is Cc1ccc(NC2N=C(N)N=C(N3CCOCC3)N2c2ccccc2F)cc1C.Cl. The lowest BCUT2D eigenvalue weighted by Gasteiger charge is -2.41. The first-order valence-corrected chi connectivity index (χ1v) is 9.65. The predicted octanol–water partition coefficient (Wildman–Crippen LogP) is 3.08. The Bertz CT molecular complexity index is 960. The Morgan fingerprint density at radius 1 is 1.10 bits per heavy atom. The number of nitrogens with one attached hydrogen (secondary N) is 1. The van der Waals surface area contributed by atoms with E-state index < -0.39 is 6.29 Å². The van der Waals surface area contributed by atoms with Crippen LogP contribution in [0.5, 0.6) is 0 Å². The van der Waals surface area contributed by atoms with Crippen molar-refractivity contribution in [2.75, 3.05) is 36.5 Å². The van der Waals surface area contributed by atoms with Crippen LogP contribution in [-0.4, -0.2) is 49.4 Å². The van der Waals surface area contributed by atoms with Crippen molar-refractivity contribution in [3.63, 3.8) is 0 Å². The molecule has 30 heavy (non-hydrogen) atoms. The van der Waals surface area contributed by atoms with Gasteiger partial charge in [0.05, 0.1) is 18.9 Å². The summed E-state index contributed by atoms with van der Waals surface area (Å²) in [7, 11) is 0. The van der Waals surface area contributed by atoms with Gasteiger partial charge in [0.2, 0.25) is 18.2 Å². The van der Waals surface area contributed by atoms with Gasteiger partial charge in [-0.25, -0.2) is 9.38 Å². The van der Waals surface area contributed by atoms with Gasteiger partial charge in [0.1, 0.15) is 5.82 Å². The first-order chi connectivity index (χ1) is 14.0. The third kappa shape index (κ3) is 4.49. The molecule has 0 aliphatic carbocycles. The molecule has 3 N–H and O–H groups in total. The fraction of sp³-hybridized carbons (Fsp3) is 0.333. The maximum atomic E-state index is 14.8. The van der Waals surface area contributed by atoms with Gasteiger partial charge in [0.15, 0.2) is 0 Å². The van der Waals surface area contributed by atoms with Crippen LogP contribution in [0.15, 0.2) is 52.4 Å². The molecule has 1 unspecified atom stereocenters. The number of para-hydroxylation sites is 1. The molecule has 2 aliphatic heterocycles. The zero-order chi connectivity index (χ0) is 20.4. The Kier molecular flexibility index (Phi) is 6.79. The number of benzene rings is 2. The van der Waals surface area contributed by atoms with Gasteiger partial charge in [-0.3, -0.25) is 4.90 Å². The van der Waals surface area contributed by atoms with E-state index in [-0.39, 0.29) is 24.2 Å². The molecule has 1 saturated heterocycles. The highest BCUT2D eigenvalue weighted by atomic mass is 35.5. The smallest absolute Gasteiger partial charge is 0.222 e. The standard InChI is InChI=1S/C21H25FN6O.ClH/c1-14-7-8-16(13-15(14)2)24-20-25-19(23)26-21(27-9-11-29-12-10-27)28(20)18-6-4-3-5-17(18)22;/h3-8,13,20,24H,9-12H2,1-2H3,(H2,23,25);1H. The summed E-state index contributed by atoms with van der Waals surface area (Å²) in [6.45, 7) is 6.56. The molecular formula is C21H26ClFN6O. The van der Waals surface area contributed by atoms with E-state index in [0.717, 1.165) is 11.3 Å². The number of rotatable bonds is 3. The number of aliphatic imine (C=N–C) groups is 2. The van der Waals surface area contributed by atoms with E-state index in [0.29, 0.717) is 38.0 Å². The average Bonchev–Trinajstić information content (AvgIpc) is 2.72. The van der Waals surface area contributed by atoms with Crippen LogP contribution < -0.4 is 16.0 Å². The molecule has 0 spiro atoms. The minimum absolute atomic E-state index is 0. The molecule has 0 bridgehead atoms. The molecule has 2 aliphatic rings. The summed E-state index contributed by atoms with van der Waals surface area (Å²) < 4.78 is 20.3. The largest absolute Gasteiger partial charge is 0.378 e. The van der Waals surface area contributed by atoms with Gasteiger partial charge >= 0.3 is 0 Å². The molecule has 1 atom stereocenters. The summed E-state index contributed by atoms with van der Waals surface area (Å²) in [6, 6.07) is 12.7. The fourth-order valence-corrected chi connectivity index (χ4v) is 3.43. The lowest BCUT2D eigenvalue weighted by Crippen LogP contribution is -2.57. The second kappa shape index (κ2) is 9.32. The van der Waals surface area contributed by atoms with Crippen molar-refractivity contribution < 1.29 is 9.13 Å². The Hall–Kier alpha value is -2.84. The number of nitrogens with two attached hydrogens (primary N) is 1. The molecule has 0 saturated carbocycles. The Labute approximate surface area is 181 Å². The van der Waals surface area contributed by atoms with Crippen molar-refractivity contribution in [1.82, 2.24) is 4.90 Å². The highest BCUT2D eigenvalue weighted by Gasteiger charge is 2.33. The number of anilines is 2. The number of hydrogen-bond acceptors (Lipinski definition) is 7. The van der Waals surface area contributed by atoms with Crippen molar-refractivity contribution in [1.29, 1.82) is 0 Å². The number of guanidine groups is 2. The summed E-state index contributed by atoms with van der Waals surface area (Å²) in [5.74, 6) is 0.365. The molecule has 0 radical (unpaired) electrons. The van der Waals surface area contributed by atoms with Crippen LogP contribution in [0, 0.1) is 19.7 Å². The summed E-state index contributed by atoms with van der Waals surface area (Å²) in [4.78, 5) is 12.7. The van der Waals surface area contributed by atoms with Gasteiger partial charge in [-0.05, 0) is 49.2 Å². The molecule has 7 nitrogen and oxygen atoms in total. The molecule has 2 aromatic carbocycles. The van der Waals surface area contributed by atoms with Crippen molar-refractivity contribution in [2.24, 2.45) is 15.7 Å². The van der Waals surface area contributed by atoms with Crippen LogP contribution in [-0.2, 0) is 4.74 Å². The number of morpholine rings is 1. The van der Waals surface area contributed by atoms with Crippen molar-refractivity contribution in [3.05, 3.63) is 59.4 Å². The maximum Gasteiger partial charge on any atom is 0.222 e. The number of ether oxygens (including phenoxy) is 1. The summed E-state index contributed by atoms with van der Waals surface area (Å²) >= 11 is 0. The minimum atomic E-state index is -0.635. The zero-order valence-electron chi connectivity index (χ0n) is 17.0. The Balaban J connectivity index is 0.00000256. The van der Waals surface area contributed by atoms with E-state index in [1.54, 1.807) is 23.1 Å². The number of nitrogens with zero attached hydrogens (tertiary/aromatic N) is 4. The monoisotopic (exact) mass is 432 g/mol. The van der Waals surface area contributed by atoms with Crippen LogP contribution in [0.4, 0.5) is 15.8 Å². The summed E-state index contributed by atoms with van der Waals surface area (Å²) in [6.07, 6.45) is -0.635. The van der Waals surface area contributed by atoms with Gasteiger partial charge in [-0.15, -0.1) is 12.4 Å². The summed E-state index contributed by atoms with van der Waals surface area (Å²) in [5.41, 5.74) is 9.66. The van der Waals surface area contributed by atoms with Gasteiger partial charge < -0.3 is 20.7 Å². The molecule has 160 valence electrons. The van der Waals surface area contributed by atoms with E-state index in [1.165, 1.54) is 11.6 Å². The topological polar surface area (TPSA) is 78.5 Å². The normalized spacial score (nSPS) is 19.0. The average molecular weight is 433 g/mol. The fourth-order valence-electron chi connectivity index (χ4n) is 3.43. The second-order valence-corrected chi connectivity index (χ2v) is 7.14. The number of hydrogen-bond donors (Lipinski definition) is 2. The maximum absolute atomic E-state index is 14.8. The van der Waals surface area contributed by atoms with Crippen LogP contribution in [0.3, 0.4) is 0 Å². The third-order valence-electron chi connectivity index (χ3n) is 5.14. The molecule has 2 heterocycles. The van der Waals surface area contributed by atoms with Gasteiger partial charge in [-0.2, -0.15) is 4.99 Å². The molecule has 9 heteroatoms. The van der Waals surface area contributed by atoms with E-state index in [2.05, 4.69) is 22.2 Å². The molecule has 2 aromatic rings. The zero-order valence-corrected chi connectivity index (χ0v) is 17.8. The summed E-state index contributed by atoms with van der Waals surface area (Å²) in [5, 5.41) is 3.38. The highest BCUT2D eigenvalue weighted by molar-refractivity contribution is 6.06. The van der Waals surface area contributed by atoms with Crippen molar-refractivity contribution in [2.45, 2.75) is 20.1 Å². The van der Waals surface area contributed by atoms with Crippen LogP contribution in [0.2, 0.25) is 0 Å². The highest BCUT2D eigenvalue weighted by Crippen LogP contribution is 2.27. The quantitative estimate of drug-likeness (QED) is 0.779. The molecule has 0 aromatic heterocycles. The Morgan fingerprint density at radius 3 is 2.53 bits per heavy atom. The lowest BCUT2D eigenvalue weighted by molar-refractivity contribution is 0.0671. The van der Waals surface area contributed by atoms with Crippen molar-refractivity contribution in [3.8, 4) is 0 Å². The molecule has 1 fully saturated rings. The lowest BCUT2D eigenvalue weighted by atomic mass is 10.1. The third-order valence-corrected chi connectivity index (χ3v) is 5.14.